The summed E-state index contributed by atoms with van der Waals surface area (Å²) < 4.78 is 5.77. The quantitative estimate of drug-likeness (QED) is 0.584. The molecule has 2 amide bonds. The van der Waals surface area contributed by atoms with E-state index in [-0.39, 0.29) is 17.7 Å². The van der Waals surface area contributed by atoms with Gasteiger partial charge in [0.05, 0.1) is 16.9 Å². The number of benzene rings is 1. The fourth-order valence-electron chi connectivity index (χ4n) is 3.59. The number of rotatable bonds is 6. The molecule has 7 nitrogen and oxygen atoms in total. The smallest absolute Gasteiger partial charge is 0.229 e. The molecule has 162 valence electrons. The fraction of sp³-hybridized carbons (Fsp3) is 0.364. The highest BCUT2D eigenvalue weighted by atomic mass is 35.5. The lowest BCUT2D eigenvalue weighted by molar-refractivity contribution is -0.134. The summed E-state index contributed by atoms with van der Waals surface area (Å²) in [5, 5.41) is 6.01. The summed E-state index contributed by atoms with van der Waals surface area (Å²) in [6.45, 7) is 3.04. The summed E-state index contributed by atoms with van der Waals surface area (Å²) in [4.78, 5) is 35.4. The molecule has 9 heteroatoms. The predicted octanol–water partition coefficient (Wildman–Crippen LogP) is 4.57. The van der Waals surface area contributed by atoms with Gasteiger partial charge in [0.25, 0.3) is 0 Å². The molecule has 0 bridgehead atoms. The molecule has 3 aromatic rings. The lowest BCUT2D eigenvalue weighted by Gasteiger charge is -2.31. The highest BCUT2D eigenvalue weighted by Gasteiger charge is 2.27. The van der Waals surface area contributed by atoms with Crippen LogP contribution in [0.5, 0.6) is 0 Å². The third-order valence-corrected chi connectivity index (χ3v) is 6.52. The van der Waals surface area contributed by atoms with Gasteiger partial charge in [-0.25, -0.2) is 9.97 Å². The van der Waals surface area contributed by atoms with Crippen LogP contribution in [0.15, 0.2) is 40.3 Å². The number of aromatic nitrogens is 2. The zero-order valence-electron chi connectivity index (χ0n) is 17.1. The minimum absolute atomic E-state index is 0.0201. The maximum Gasteiger partial charge on any atom is 0.229 e. The van der Waals surface area contributed by atoms with Crippen LogP contribution in [-0.4, -0.2) is 39.8 Å². The standard InChI is InChI=1S/C22H23ClN4O3S/c1-14-13-31-22(25-14)26-21(29)15-8-10-27(11-9-15)20(28)7-6-19-24-12-18(30-19)16-4-2-3-5-17(16)23/h2-5,12-13,15H,6-11H2,1H3,(H,25,26,29). The van der Waals surface area contributed by atoms with Crippen LogP contribution in [-0.2, 0) is 16.0 Å². The van der Waals surface area contributed by atoms with Crippen LogP contribution >= 0.6 is 22.9 Å². The van der Waals surface area contributed by atoms with E-state index in [2.05, 4.69) is 15.3 Å². The Morgan fingerprint density at radius 1 is 1.29 bits per heavy atom. The number of hydrogen-bond acceptors (Lipinski definition) is 6. The minimum atomic E-state index is -0.0989. The highest BCUT2D eigenvalue weighted by Crippen LogP contribution is 2.28. The van der Waals surface area contributed by atoms with Crippen molar-refractivity contribution in [3.8, 4) is 11.3 Å². The molecule has 0 saturated carbocycles. The second-order valence-electron chi connectivity index (χ2n) is 7.54. The zero-order valence-corrected chi connectivity index (χ0v) is 18.7. The molecule has 1 aliphatic heterocycles. The van der Waals surface area contributed by atoms with E-state index in [1.54, 1.807) is 12.3 Å². The van der Waals surface area contributed by atoms with Crippen LogP contribution in [0, 0.1) is 12.8 Å². The van der Waals surface area contributed by atoms with Gasteiger partial charge in [0.15, 0.2) is 16.8 Å². The van der Waals surface area contributed by atoms with E-state index in [1.807, 2.05) is 35.4 Å². The maximum atomic E-state index is 12.6. The number of thiazole rings is 1. The van der Waals surface area contributed by atoms with E-state index in [4.69, 9.17) is 16.0 Å². The molecular weight excluding hydrogens is 436 g/mol. The van der Waals surface area contributed by atoms with Crippen molar-refractivity contribution >= 4 is 39.9 Å². The second-order valence-corrected chi connectivity index (χ2v) is 8.80. The highest BCUT2D eigenvalue weighted by molar-refractivity contribution is 7.13. The predicted molar refractivity (Wildman–Crippen MR) is 120 cm³/mol. The van der Waals surface area contributed by atoms with Crippen LogP contribution in [0.2, 0.25) is 5.02 Å². The Morgan fingerprint density at radius 3 is 2.77 bits per heavy atom. The average molecular weight is 459 g/mol. The Labute approximate surface area is 189 Å². The third kappa shape index (κ3) is 5.32. The van der Waals surface area contributed by atoms with Crippen molar-refractivity contribution in [1.82, 2.24) is 14.9 Å². The van der Waals surface area contributed by atoms with Crippen molar-refractivity contribution in [1.29, 1.82) is 0 Å². The van der Waals surface area contributed by atoms with Crippen molar-refractivity contribution < 1.29 is 14.0 Å². The first-order chi connectivity index (χ1) is 15.0. The first-order valence-corrected chi connectivity index (χ1v) is 11.5. The molecule has 4 rings (SSSR count). The molecule has 0 spiro atoms. The number of anilines is 1. The lowest BCUT2D eigenvalue weighted by atomic mass is 9.95. The van der Waals surface area contributed by atoms with Crippen molar-refractivity contribution in [3.63, 3.8) is 0 Å². The maximum absolute atomic E-state index is 12.6. The number of aryl methyl sites for hydroxylation is 2. The molecule has 0 radical (unpaired) electrons. The summed E-state index contributed by atoms with van der Waals surface area (Å²) in [5.41, 5.74) is 1.67. The van der Waals surface area contributed by atoms with E-state index in [9.17, 15) is 9.59 Å². The number of carbonyl (C=O) groups excluding carboxylic acids is 2. The van der Waals surface area contributed by atoms with Gasteiger partial charge in [-0.15, -0.1) is 11.3 Å². The molecule has 0 unspecified atom stereocenters. The zero-order chi connectivity index (χ0) is 21.8. The SMILES string of the molecule is Cc1csc(NC(=O)C2CCN(C(=O)CCc3ncc(-c4ccccc4Cl)o3)CC2)n1. The number of amides is 2. The Bertz CT molecular complexity index is 1070. The topological polar surface area (TPSA) is 88.3 Å². The first kappa shape index (κ1) is 21.5. The summed E-state index contributed by atoms with van der Waals surface area (Å²) in [6.07, 6.45) is 3.68. The van der Waals surface area contributed by atoms with E-state index < -0.39 is 0 Å². The number of hydrogen-bond donors (Lipinski definition) is 1. The molecule has 1 N–H and O–H groups in total. The Kier molecular flexibility index (Phi) is 6.67. The lowest BCUT2D eigenvalue weighted by Crippen LogP contribution is -2.41. The van der Waals surface area contributed by atoms with Crippen LogP contribution in [0.1, 0.15) is 30.8 Å². The van der Waals surface area contributed by atoms with Crippen molar-refractivity contribution in [2.24, 2.45) is 5.92 Å². The van der Waals surface area contributed by atoms with Crippen LogP contribution in [0.25, 0.3) is 11.3 Å². The number of nitrogens with one attached hydrogen (secondary N) is 1. The molecule has 1 fully saturated rings. The van der Waals surface area contributed by atoms with E-state index in [0.29, 0.717) is 60.6 Å². The Morgan fingerprint density at radius 2 is 2.06 bits per heavy atom. The molecule has 2 aromatic heterocycles. The number of piperidine rings is 1. The molecule has 0 aliphatic carbocycles. The van der Waals surface area contributed by atoms with E-state index in [0.717, 1.165) is 11.3 Å². The van der Waals surface area contributed by atoms with Crippen LogP contribution in [0.4, 0.5) is 5.13 Å². The van der Waals surface area contributed by atoms with Gasteiger partial charge in [-0.3, -0.25) is 9.59 Å². The summed E-state index contributed by atoms with van der Waals surface area (Å²) in [5.74, 6) is 1.03. The molecule has 1 saturated heterocycles. The number of halogens is 1. The van der Waals surface area contributed by atoms with Crippen LogP contribution < -0.4 is 5.32 Å². The summed E-state index contributed by atoms with van der Waals surface area (Å²) in [6, 6.07) is 7.40. The first-order valence-electron chi connectivity index (χ1n) is 10.2. The Balaban J connectivity index is 1.24. The van der Waals surface area contributed by atoms with Gasteiger partial charge in [0.1, 0.15) is 0 Å². The summed E-state index contributed by atoms with van der Waals surface area (Å²) >= 11 is 7.62. The molecule has 0 atom stereocenters. The molecule has 31 heavy (non-hydrogen) atoms. The van der Waals surface area contributed by atoms with Crippen molar-refractivity contribution in [2.75, 3.05) is 18.4 Å². The van der Waals surface area contributed by atoms with Gasteiger partial charge in [0.2, 0.25) is 11.8 Å². The van der Waals surface area contributed by atoms with Gasteiger partial charge in [-0.2, -0.15) is 0 Å². The minimum Gasteiger partial charge on any atom is -0.441 e. The average Bonchev–Trinajstić information content (AvgIpc) is 3.41. The van der Waals surface area contributed by atoms with E-state index in [1.165, 1.54) is 11.3 Å². The van der Waals surface area contributed by atoms with Crippen molar-refractivity contribution in [2.45, 2.75) is 32.6 Å². The molecular formula is C22H23ClN4O3S. The second kappa shape index (κ2) is 9.62. The van der Waals surface area contributed by atoms with Gasteiger partial charge < -0.3 is 14.6 Å². The monoisotopic (exact) mass is 458 g/mol. The Hall–Kier alpha value is -2.71. The largest absolute Gasteiger partial charge is 0.441 e. The number of carbonyl (C=O) groups is 2. The van der Waals surface area contributed by atoms with Gasteiger partial charge >= 0.3 is 0 Å². The van der Waals surface area contributed by atoms with Gasteiger partial charge in [-0.05, 0) is 31.9 Å². The van der Waals surface area contributed by atoms with Crippen molar-refractivity contribution in [3.05, 3.63) is 52.4 Å². The molecule has 3 heterocycles. The molecule has 1 aromatic carbocycles. The van der Waals surface area contributed by atoms with E-state index >= 15 is 0 Å². The van der Waals surface area contributed by atoms with Crippen LogP contribution in [0.3, 0.4) is 0 Å². The molecule has 1 aliphatic rings. The number of oxazole rings is 1. The fourth-order valence-corrected chi connectivity index (χ4v) is 4.51. The normalized spacial score (nSPS) is 14.6. The number of likely N-dealkylation sites (tertiary alicyclic amines) is 1. The third-order valence-electron chi connectivity index (χ3n) is 5.31. The van der Waals surface area contributed by atoms with Gasteiger partial charge in [0, 0.05) is 42.8 Å². The number of nitrogens with zero attached hydrogens (tertiary/aromatic N) is 3. The summed E-state index contributed by atoms with van der Waals surface area (Å²) in [7, 11) is 0. The van der Waals surface area contributed by atoms with Gasteiger partial charge in [-0.1, -0.05) is 23.7 Å².